The minimum absolute atomic E-state index is 0.847. The average Bonchev–Trinajstić information content (AvgIpc) is 2.53. The second-order valence-corrected chi connectivity index (χ2v) is 5.42. The van der Waals surface area contributed by atoms with Gasteiger partial charge in [-0.05, 0) is 41.5 Å². The largest absolute Gasteiger partial charge is 0.497 e. The van der Waals surface area contributed by atoms with Crippen molar-refractivity contribution in [3.05, 3.63) is 59.2 Å². The summed E-state index contributed by atoms with van der Waals surface area (Å²) in [5.74, 6) is 0.879. The van der Waals surface area contributed by atoms with Crippen LogP contribution in [0.25, 0.3) is 11.8 Å². The molecular weight excluding hydrogens is 260 g/mol. The number of fused-ring (bicyclic) bond motifs is 1. The van der Waals surface area contributed by atoms with Crippen LogP contribution in [0.2, 0.25) is 0 Å². The van der Waals surface area contributed by atoms with Crippen molar-refractivity contribution in [2.75, 3.05) is 26.1 Å². The summed E-state index contributed by atoms with van der Waals surface area (Å²) in [6, 6.07) is 14.7. The molecule has 2 aromatic rings. The number of nitrogens with one attached hydrogen (secondary N) is 1. The molecule has 0 unspecified atom stereocenters. The van der Waals surface area contributed by atoms with Gasteiger partial charge in [0.05, 0.1) is 7.11 Å². The lowest BCUT2D eigenvalue weighted by Crippen LogP contribution is -2.18. The van der Waals surface area contributed by atoms with Gasteiger partial charge in [0.25, 0.3) is 0 Å². The summed E-state index contributed by atoms with van der Waals surface area (Å²) in [6.45, 7) is 0.847. The molecule has 0 saturated carbocycles. The van der Waals surface area contributed by atoms with Crippen LogP contribution >= 0.6 is 0 Å². The number of rotatable bonds is 3. The zero-order valence-corrected chi connectivity index (χ0v) is 12.7. The SMILES string of the molecule is COc1cccc(C2=Cc3ccc(N(C)C)cc3CN2)c1. The Morgan fingerprint density at radius 2 is 1.95 bits per heavy atom. The minimum Gasteiger partial charge on any atom is -0.497 e. The highest BCUT2D eigenvalue weighted by Gasteiger charge is 2.12. The molecule has 0 aliphatic carbocycles. The van der Waals surface area contributed by atoms with Crippen molar-refractivity contribution in [2.24, 2.45) is 0 Å². The molecule has 108 valence electrons. The Labute approximate surface area is 125 Å². The molecule has 1 heterocycles. The Balaban J connectivity index is 1.96. The molecule has 0 fully saturated rings. The third kappa shape index (κ3) is 2.72. The molecule has 1 aliphatic heterocycles. The van der Waals surface area contributed by atoms with Gasteiger partial charge in [-0.1, -0.05) is 18.2 Å². The summed E-state index contributed by atoms with van der Waals surface area (Å²) in [5, 5.41) is 3.50. The van der Waals surface area contributed by atoms with Crippen molar-refractivity contribution in [1.29, 1.82) is 0 Å². The van der Waals surface area contributed by atoms with Crippen molar-refractivity contribution in [1.82, 2.24) is 5.32 Å². The summed E-state index contributed by atoms with van der Waals surface area (Å²) in [4.78, 5) is 2.13. The van der Waals surface area contributed by atoms with Gasteiger partial charge in [-0.3, -0.25) is 0 Å². The molecule has 3 nitrogen and oxygen atoms in total. The molecule has 0 radical (unpaired) electrons. The molecule has 1 N–H and O–H groups in total. The molecule has 0 spiro atoms. The maximum atomic E-state index is 5.30. The normalized spacial score (nSPS) is 13.0. The Morgan fingerprint density at radius 3 is 2.71 bits per heavy atom. The first-order valence-corrected chi connectivity index (χ1v) is 7.07. The van der Waals surface area contributed by atoms with Crippen LogP contribution in [0.15, 0.2) is 42.5 Å². The number of methoxy groups -OCH3 is 1. The van der Waals surface area contributed by atoms with Gasteiger partial charge in [-0.25, -0.2) is 0 Å². The quantitative estimate of drug-likeness (QED) is 0.933. The summed E-state index contributed by atoms with van der Waals surface area (Å²) in [5.41, 5.74) is 6.12. The molecular formula is C18H20N2O. The lowest BCUT2D eigenvalue weighted by Gasteiger charge is -2.22. The summed E-state index contributed by atoms with van der Waals surface area (Å²) in [6.07, 6.45) is 2.20. The number of ether oxygens (including phenoxy) is 1. The Bertz CT molecular complexity index is 689. The van der Waals surface area contributed by atoms with Crippen molar-refractivity contribution < 1.29 is 4.74 Å². The van der Waals surface area contributed by atoms with Crippen LogP contribution < -0.4 is 15.0 Å². The average molecular weight is 280 g/mol. The van der Waals surface area contributed by atoms with E-state index in [0.29, 0.717) is 0 Å². The van der Waals surface area contributed by atoms with Gasteiger partial charge in [0, 0.05) is 37.6 Å². The van der Waals surface area contributed by atoms with Gasteiger partial charge in [0.15, 0.2) is 0 Å². The summed E-state index contributed by atoms with van der Waals surface area (Å²) < 4.78 is 5.30. The van der Waals surface area contributed by atoms with E-state index in [4.69, 9.17) is 4.74 Å². The highest BCUT2D eigenvalue weighted by atomic mass is 16.5. The minimum atomic E-state index is 0.847. The zero-order chi connectivity index (χ0) is 14.8. The van der Waals surface area contributed by atoms with Gasteiger partial charge < -0.3 is 15.0 Å². The smallest absolute Gasteiger partial charge is 0.119 e. The van der Waals surface area contributed by atoms with Crippen LogP contribution in [0.3, 0.4) is 0 Å². The Hall–Kier alpha value is -2.42. The van der Waals surface area contributed by atoms with Crippen molar-refractivity contribution in [3.63, 3.8) is 0 Å². The van der Waals surface area contributed by atoms with E-state index in [2.05, 4.69) is 60.7 Å². The second kappa shape index (κ2) is 5.52. The summed E-state index contributed by atoms with van der Waals surface area (Å²) >= 11 is 0. The highest BCUT2D eigenvalue weighted by molar-refractivity contribution is 5.84. The second-order valence-electron chi connectivity index (χ2n) is 5.42. The number of anilines is 1. The van der Waals surface area contributed by atoms with E-state index in [1.807, 2.05) is 12.1 Å². The van der Waals surface area contributed by atoms with E-state index in [1.165, 1.54) is 16.8 Å². The number of hydrogen-bond donors (Lipinski definition) is 1. The van der Waals surface area contributed by atoms with Crippen LogP contribution in [-0.2, 0) is 6.54 Å². The van der Waals surface area contributed by atoms with Crippen LogP contribution in [0.5, 0.6) is 5.75 Å². The fourth-order valence-corrected chi connectivity index (χ4v) is 2.54. The number of nitrogens with zero attached hydrogens (tertiary/aromatic N) is 1. The highest BCUT2D eigenvalue weighted by Crippen LogP contribution is 2.28. The lowest BCUT2D eigenvalue weighted by atomic mass is 9.99. The molecule has 3 rings (SSSR count). The van der Waals surface area contributed by atoms with Crippen LogP contribution in [0.1, 0.15) is 16.7 Å². The number of hydrogen-bond acceptors (Lipinski definition) is 3. The van der Waals surface area contributed by atoms with Gasteiger partial charge in [-0.2, -0.15) is 0 Å². The van der Waals surface area contributed by atoms with E-state index in [1.54, 1.807) is 7.11 Å². The molecule has 0 atom stereocenters. The molecule has 0 bridgehead atoms. The molecule has 21 heavy (non-hydrogen) atoms. The van der Waals surface area contributed by atoms with E-state index in [9.17, 15) is 0 Å². The van der Waals surface area contributed by atoms with Gasteiger partial charge in [0.1, 0.15) is 5.75 Å². The first-order chi connectivity index (χ1) is 10.2. The molecule has 1 aliphatic rings. The first kappa shape index (κ1) is 13.6. The number of benzene rings is 2. The summed E-state index contributed by atoms with van der Waals surface area (Å²) in [7, 11) is 5.82. The molecule has 3 heteroatoms. The van der Waals surface area contributed by atoms with Crippen molar-refractivity contribution in [3.8, 4) is 5.75 Å². The molecule has 2 aromatic carbocycles. The molecule has 0 saturated heterocycles. The van der Waals surface area contributed by atoms with Gasteiger partial charge in [-0.15, -0.1) is 0 Å². The van der Waals surface area contributed by atoms with Crippen LogP contribution in [0.4, 0.5) is 5.69 Å². The maximum Gasteiger partial charge on any atom is 0.119 e. The lowest BCUT2D eigenvalue weighted by molar-refractivity contribution is 0.414. The van der Waals surface area contributed by atoms with Crippen molar-refractivity contribution >= 4 is 17.5 Å². The van der Waals surface area contributed by atoms with Crippen LogP contribution in [0, 0.1) is 0 Å². The zero-order valence-electron chi connectivity index (χ0n) is 12.7. The van der Waals surface area contributed by atoms with Crippen molar-refractivity contribution in [2.45, 2.75) is 6.54 Å². The van der Waals surface area contributed by atoms with E-state index in [-0.39, 0.29) is 0 Å². The fourth-order valence-electron chi connectivity index (χ4n) is 2.54. The van der Waals surface area contributed by atoms with Gasteiger partial charge in [0.2, 0.25) is 0 Å². The standard InChI is InChI=1S/C18H20N2O/c1-20(2)16-8-7-13-11-18(19-12-15(13)9-16)14-5-4-6-17(10-14)21-3/h4-11,19H,12H2,1-3H3. The molecule has 0 aromatic heterocycles. The topological polar surface area (TPSA) is 24.5 Å². The monoisotopic (exact) mass is 280 g/mol. The Kier molecular flexibility index (Phi) is 3.57. The van der Waals surface area contributed by atoms with E-state index in [0.717, 1.165) is 23.6 Å². The van der Waals surface area contributed by atoms with Gasteiger partial charge >= 0.3 is 0 Å². The van der Waals surface area contributed by atoms with E-state index < -0.39 is 0 Å². The van der Waals surface area contributed by atoms with Crippen LogP contribution in [-0.4, -0.2) is 21.2 Å². The van der Waals surface area contributed by atoms with E-state index >= 15 is 0 Å². The Morgan fingerprint density at radius 1 is 1.10 bits per heavy atom. The predicted molar refractivity (Wildman–Crippen MR) is 88.5 cm³/mol. The maximum absolute atomic E-state index is 5.30. The third-order valence-electron chi connectivity index (χ3n) is 3.79. The third-order valence-corrected chi connectivity index (χ3v) is 3.79. The fraction of sp³-hybridized carbons (Fsp3) is 0.222. The first-order valence-electron chi connectivity index (χ1n) is 7.07. The molecule has 0 amide bonds. The predicted octanol–water partition coefficient (Wildman–Crippen LogP) is 3.36.